The Labute approximate surface area is 241 Å². The Kier molecular flexibility index (Phi) is 8.51. The Bertz CT molecular complexity index is 1330. The second-order valence-electron chi connectivity index (χ2n) is 13.9. The van der Waals surface area contributed by atoms with E-state index in [4.69, 9.17) is 13.6 Å². The Morgan fingerprint density at radius 3 is 2.27 bits per heavy atom. The molecular weight excluding hydrogens is 537 g/mol. The first-order chi connectivity index (χ1) is 18.5. The van der Waals surface area contributed by atoms with Gasteiger partial charge in [-0.1, -0.05) is 59.7 Å². The average Bonchev–Trinajstić information content (AvgIpc) is 3.46. The minimum Gasteiger partial charge on any atom is -0.414 e. The second kappa shape index (κ2) is 11.1. The number of benzene rings is 1. The predicted octanol–water partition coefficient (Wildman–Crippen LogP) is 7.38. The Morgan fingerprint density at radius 2 is 1.65 bits per heavy atom. The van der Waals surface area contributed by atoms with Gasteiger partial charge >= 0.3 is 0 Å². The van der Waals surface area contributed by atoms with E-state index in [-0.39, 0.29) is 34.4 Å². The molecule has 1 aliphatic heterocycles. The lowest BCUT2D eigenvalue weighted by Gasteiger charge is -2.40. The summed E-state index contributed by atoms with van der Waals surface area (Å²) in [6.07, 6.45) is 3.58. The van der Waals surface area contributed by atoms with Crippen LogP contribution in [0, 0.1) is 0 Å². The maximum atomic E-state index is 12.8. The molecule has 4 rings (SSSR count). The number of carbonyl (C=O) groups excluding carboxylic acids is 1. The molecule has 40 heavy (non-hydrogen) atoms. The first-order valence-corrected chi connectivity index (χ1v) is 20.0. The highest BCUT2D eigenvalue weighted by Gasteiger charge is 2.46. The zero-order valence-corrected chi connectivity index (χ0v) is 27.7. The third-order valence-corrected chi connectivity index (χ3v) is 17.9. The lowest BCUT2D eigenvalue weighted by Crippen LogP contribution is -2.48. The van der Waals surface area contributed by atoms with Gasteiger partial charge in [-0.25, -0.2) is 9.97 Å². The fraction of sp³-hybridized carbons (Fsp3) is 0.567. The van der Waals surface area contributed by atoms with Crippen LogP contribution in [0.2, 0.25) is 36.3 Å². The number of hydrogen-bond donors (Lipinski definition) is 1. The van der Waals surface area contributed by atoms with Crippen LogP contribution in [-0.2, 0) is 13.6 Å². The van der Waals surface area contributed by atoms with Gasteiger partial charge in [0, 0.05) is 18.2 Å². The van der Waals surface area contributed by atoms with E-state index in [2.05, 4.69) is 83.0 Å². The van der Waals surface area contributed by atoms with Crippen molar-refractivity contribution in [3.8, 4) is 0 Å². The summed E-state index contributed by atoms with van der Waals surface area (Å²) < 4.78 is 22.3. The highest BCUT2D eigenvalue weighted by molar-refractivity contribution is 6.74. The van der Waals surface area contributed by atoms with Gasteiger partial charge in [-0.3, -0.25) is 4.79 Å². The Morgan fingerprint density at radius 1 is 1.00 bits per heavy atom. The number of nitrogens with zero attached hydrogens (tertiary/aromatic N) is 3. The molecule has 0 unspecified atom stereocenters. The van der Waals surface area contributed by atoms with Crippen LogP contribution in [-0.4, -0.2) is 55.9 Å². The van der Waals surface area contributed by atoms with Gasteiger partial charge in [-0.05, 0) is 54.5 Å². The van der Waals surface area contributed by atoms with Gasteiger partial charge in [0.2, 0.25) is 0 Å². The molecule has 0 aliphatic carbocycles. The topological polar surface area (TPSA) is 87.5 Å². The van der Waals surface area contributed by atoms with E-state index in [9.17, 15) is 4.79 Å². The molecule has 1 aliphatic rings. The van der Waals surface area contributed by atoms with Crippen LogP contribution in [0.1, 0.15) is 64.5 Å². The number of hydrogen-bond acceptors (Lipinski definition) is 6. The maximum Gasteiger partial charge on any atom is 0.256 e. The third-order valence-electron chi connectivity index (χ3n) is 8.93. The fourth-order valence-electron chi connectivity index (χ4n) is 4.28. The number of aromatic nitrogens is 3. The van der Waals surface area contributed by atoms with Gasteiger partial charge in [0.05, 0.1) is 18.1 Å². The molecular formula is C30H46N4O4Si2. The van der Waals surface area contributed by atoms with Crippen LogP contribution in [0.25, 0.3) is 11.0 Å². The second-order valence-corrected chi connectivity index (χ2v) is 23.4. The molecule has 1 N–H and O–H groups in total. The third kappa shape index (κ3) is 6.41. The summed E-state index contributed by atoms with van der Waals surface area (Å²) in [6.45, 7) is 23.1. The van der Waals surface area contributed by atoms with E-state index in [1.165, 1.54) is 6.33 Å². The van der Waals surface area contributed by atoms with Crippen LogP contribution in [0.15, 0.2) is 48.9 Å². The molecule has 0 spiro atoms. The normalized spacial score (nSPS) is 20.7. The van der Waals surface area contributed by atoms with Crippen molar-refractivity contribution in [3.05, 3.63) is 54.5 Å². The summed E-state index contributed by atoms with van der Waals surface area (Å²) in [7, 11) is -4.03. The maximum absolute atomic E-state index is 12.8. The number of fused-ring (bicyclic) bond motifs is 1. The number of nitrogens with one attached hydrogen (secondary N) is 1. The van der Waals surface area contributed by atoms with Crippen molar-refractivity contribution in [2.75, 3.05) is 11.9 Å². The smallest absolute Gasteiger partial charge is 0.256 e. The van der Waals surface area contributed by atoms with E-state index in [1.807, 2.05) is 35.0 Å². The number of ether oxygens (including phenoxy) is 1. The van der Waals surface area contributed by atoms with Crippen molar-refractivity contribution < 1.29 is 18.4 Å². The van der Waals surface area contributed by atoms with Crippen molar-refractivity contribution in [3.63, 3.8) is 0 Å². The summed E-state index contributed by atoms with van der Waals surface area (Å²) >= 11 is 0. The van der Waals surface area contributed by atoms with E-state index >= 15 is 0 Å². The number of anilines is 1. The van der Waals surface area contributed by atoms with Crippen LogP contribution in [0.3, 0.4) is 0 Å². The lowest BCUT2D eigenvalue weighted by molar-refractivity contribution is -0.0382. The lowest BCUT2D eigenvalue weighted by atomic mass is 10.2. The van der Waals surface area contributed by atoms with Gasteiger partial charge in [0.15, 0.2) is 16.6 Å². The van der Waals surface area contributed by atoms with E-state index in [0.29, 0.717) is 30.1 Å². The molecule has 218 valence electrons. The molecule has 0 saturated carbocycles. The van der Waals surface area contributed by atoms with Crippen molar-refractivity contribution in [2.24, 2.45) is 0 Å². The van der Waals surface area contributed by atoms with E-state index < -0.39 is 16.6 Å². The van der Waals surface area contributed by atoms with Crippen LogP contribution in [0.5, 0.6) is 0 Å². The quantitative estimate of drug-likeness (QED) is 0.279. The first kappa shape index (κ1) is 30.6. The van der Waals surface area contributed by atoms with Crippen molar-refractivity contribution in [1.29, 1.82) is 0 Å². The average molecular weight is 583 g/mol. The van der Waals surface area contributed by atoms with Crippen molar-refractivity contribution >= 4 is 39.4 Å². The summed E-state index contributed by atoms with van der Waals surface area (Å²) in [6, 6.07) is 11.0. The summed E-state index contributed by atoms with van der Waals surface area (Å²) in [4.78, 5) is 21.8. The molecule has 0 radical (unpaired) electrons. The highest BCUT2D eigenvalue weighted by Crippen LogP contribution is 2.43. The molecule has 1 aromatic carbocycles. The van der Waals surface area contributed by atoms with Crippen molar-refractivity contribution in [1.82, 2.24) is 14.5 Å². The van der Waals surface area contributed by atoms with Gasteiger partial charge in [-0.2, -0.15) is 0 Å². The molecule has 2 aromatic heterocycles. The van der Waals surface area contributed by atoms with E-state index in [0.717, 1.165) is 5.39 Å². The van der Waals surface area contributed by atoms with Crippen LogP contribution < -0.4 is 5.32 Å². The van der Waals surface area contributed by atoms with Crippen LogP contribution in [0.4, 0.5) is 5.82 Å². The monoisotopic (exact) mass is 582 g/mol. The largest absolute Gasteiger partial charge is 0.414 e. The summed E-state index contributed by atoms with van der Waals surface area (Å²) in [5.41, 5.74) is 1.28. The zero-order chi connectivity index (χ0) is 29.5. The predicted molar refractivity (Wildman–Crippen MR) is 166 cm³/mol. The van der Waals surface area contributed by atoms with Gasteiger partial charge < -0.3 is 23.5 Å². The molecule has 1 fully saturated rings. The zero-order valence-electron chi connectivity index (χ0n) is 25.7. The molecule has 8 nitrogen and oxygen atoms in total. The summed E-state index contributed by atoms with van der Waals surface area (Å²) in [5.74, 6) is 0.263. The van der Waals surface area contributed by atoms with Gasteiger partial charge in [0.25, 0.3) is 5.91 Å². The van der Waals surface area contributed by atoms with Gasteiger partial charge in [0.1, 0.15) is 30.1 Å². The minimum atomic E-state index is -2.06. The molecule has 0 bridgehead atoms. The number of amides is 1. The highest BCUT2D eigenvalue weighted by atomic mass is 28.4. The molecule has 1 saturated heterocycles. The molecule has 3 atom stereocenters. The van der Waals surface area contributed by atoms with Crippen molar-refractivity contribution in [2.45, 2.75) is 103 Å². The minimum absolute atomic E-state index is 0.0785. The number of carbonyl (C=O) groups is 1. The van der Waals surface area contributed by atoms with Crippen LogP contribution >= 0.6 is 0 Å². The SMILES string of the molecule is CC(C)(C)[Si](C)(C)OC[C@H]1O[C@@H](n2ccc3c(NC(=O)c4ccccc4)ncnc32)C[C@@H]1O[Si](C)(C)C(C)(C)C. The fourth-order valence-corrected chi connectivity index (χ4v) is 6.65. The summed E-state index contributed by atoms with van der Waals surface area (Å²) in [5, 5.41) is 3.89. The molecule has 3 aromatic rings. The van der Waals surface area contributed by atoms with Gasteiger partial charge in [-0.15, -0.1) is 0 Å². The Balaban J connectivity index is 1.60. The standard InChI is InChI=1S/C30H46N4O4Si2/c1-29(2,3)39(7,8)36-19-24-23(38-40(9,10)30(4,5)6)18-25(37-24)34-17-16-22-26(31-20-32-27(22)34)33-28(35)21-14-12-11-13-15-21/h11-17,20,23-25H,18-19H2,1-10H3,(H,31,32,33,35)/t23-,24+,25+/m0/s1. The first-order valence-electron chi connectivity index (χ1n) is 14.2. The molecule has 10 heteroatoms. The van der Waals surface area contributed by atoms with E-state index in [1.54, 1.807) is 12.1 Å². The molecule has 1 amide bonds. The molecule has 3 heterocycles. The Hall–Kier alpha value is -2.38. The number of rotatable bonds is 8.